The van der Waals surface area contributed by atoms with Gasteiger partial charge in [-0.3, -0.25) is 0 Å². The van der Waals surface area contributed by atoms with Crippen molar-refractivity contribution in [1.29, 1.82) is 0 Å². The Labute approximate surface area is 94.9 Å². The van der Waals surface area contributed by atoms with Crippen LogP contribution in [0.1, 0.15) is 28.8 Å². The normalized spacial score (nSPS) is 14.1. The summed E-state index contributed by atoms with van der Waals surface area (Å²) in [4.78, 5) is 3.48. The van der Waals surface area contributed by atoms with Crippen LogP contribution < -0.4 is 0 Å². The molecule has 0 aliphatic carbocycles. The topological polar surface area (TPSA) is 42.4 Å². The van der Waals surface area contributed by atoms with Crippen molar-refractivity contribution in [2.24, 2.45) is 0 Å². The average molecular weight is 255 g/mol. The maximum Gasteiger partial charge on any atom is 0.443 e. The van der Waals surface area contributed by atoms with Crippen LogP contribution in [0, 0.1) is 0 Å². The zero-order chi connectivity index (χ0) is 12.2. The van der Waals surface area contributed by atoms with Gasteiger partial charge in [-0.15, -0.1) is 11.3 Å². The molecule has 1 heterocycles. The van der Waals surface area contributed by atoms with Gasteiger partial charge < -0.3 is 9.84 Å². The van der Waals surface area contributed by atoms with Crippen molar-refractivity contribution < 1.29 is 23.0 Å². The molecule has 0 aliphatic heterocycles. The molecule has 1 rings (SSSR count). The van der Waals surface area contributed by atoms with Crippen molar-refractivity contribution in [1.82, 2.24) is 4.98 Å². The molecule has 16 heavy (non-hydrogen) atoms. The summed E-state index contributed by atoms with van der Waals surface area (Å²) < 4.78 is 41.4. The lowest BCUT2D eigenvalue weighted by Gasteiger charge is -2.06. The van der Waals surface area contributed by atoms with Gasteiger partial charge in [0.15, 0.2) is 5.01 Å². The Morgan fingerprint density at radius 2 is 2.25 bits per heavy atom. The van der Waals surface area contributed by atoms with Crippen LogP contribution in [0.4, 0.5) is 13.2 Å². The van der Waals surface area contributed by atoms with E-state index in [1.165, 1.54) is 7.11 Å². The van der Waals surface area contributed by atoms with Crippen molar-refractivity contribution >= 4 is 11.3 Å². The van der Waals surface area contributed by atoms with E-state index in [1.54, 1.807) is 0 Å². The molecule has 0 aliphatic rings. The molecule has 1 aromatic rings. The molecular weight excluding hydrogens is 243 g/mol. The van der Waals surface area contributed by atoms with Crippen LogP contribution in [-0.2, 0) is 10.9 Å². The Balaban J connectivity index is 2.56. The van der Waals surface area contributed by atoms with Crippen molar-refractivity contribution in [2.75, 3.05) is 13.7 Å². The molecule has 0 saturated heterocycles. The lowest BCUT2D eigenvalue weighted by Crippen LogP contribution is -2.03. The number of hydrogen-bond donors (Lipinski definition) is 1. The third kappa shape index (κ3) is 3.73. The fourth-order valence-corrected chi connectivity index (χ4v) is 1.94. The van der Waals surface area contributed by atoms with Crippen molar-refractivity contribution in [3.63, 3.8) is 0 Å². The largest absolute Gasteiger partial charge is 0.443 e. The average Bonchev–Trinajstić information content (AvgIpc) is 2.66. The molecule has 1 atom stereocenters. The van der Waals surface area contributed by atoms with Gasteiger partial charge in [-0.1, -0.05) is 0 Å². The number of aromatic nitrogens is 1. The second kappa shape index (κ2) is 5.60. The van der Waals surface area contributed by atoms with Gasteiger partial charge in [0.2, 0.25) is 0 Å². The summed E-state index contributed by atoms with van der Waals surface area (Å²) >= 11 is 0.479. The molecule has 0 bridgehead atoms. The smallest absolute Gasteiger partial charge is 0.388 e. The number of thiazole rings is 1. The fraction of sp³-hybridized carbons (Fsp3) is 0.667. The van der Waals surface area contributed by atoms with E-state index in [-0.39, 0.29) is 4.88 Å². The van der Waals surface area contributed by atoms with Crippen LogP contribution in [0.5, 0.6) is 0 Å². The minimum atomic E-state index is -4.44. The van der Waals surface area contributed by atoms with E-state index in [2.05, 4.69) is 4.98 Å². The van der Waals surface area contributed by atoms with Crippen LogP contribution in [0.2, 0.25) is 0 Å². The SMILES string of the molecule is COCCCC(O)c1cnc(C(F)(F)F)s1. The van der Waals surface area contributed by atoms with E-state index in [9.17, 15) is 18.3 Å². The highest BCUT2D eigenvalue weighted by molar-refractivity contribution is 7.11. The summed E-state index contributed by atoms with van der Waals surface area (Å²) in [6, 6.07) is 0. The zero-order valence-corrected chi connectivity index (χ0v) is 9.44. The predicted molar refractivity (Wildman–Crippen MR) is 53.2 cm³/mol. The summed E-state index contributed by atoms with van der Waals surface area (Å²) in [5.74, 6) is 0. The number of ether oxygens (including phenoxy) is 1. The van der Waals surface area contributed by atoms with Gasteiger partial charge in [-0.05, 0) is 12.8 Å². The number of nitrogens with zero attached hydrogens (tertiary/aromatic N) is 1. The summed E-state index contributed by atoms with van der Waals surface area (Å²) in [6.45, 7) is 0.474. The first-order valence-electron chi connectivity index (χ1n) is 4.65. The standard InChI is InChI=1S/C9H12F3NO2S/c1-15-4-2-3-6(14)7-5-13-8(16-7)9(10,11)12/h5-6,14H,2-4H2,1H3. The quantitative estimate of drug-likeness (QED) is 0.822. The van der Waals surface area contributed by atoms with Crippen LogP contribution in [0.25, 0.3) is 0 Å². The molecule has 7 heteroatoms. The number of aliphatic hydroxyl groups excluding tert-OH is 1. The third-order valence-electron chi connectivity index (χ3n) is 1.92. The number of hydrogen-bond acceptors (Lipinski definition) is 4. The van der Waals surface area contributed by atoms with Crippen molar-refractivity contribution in [2.45, 2.75) is 25.1 Å². The van der Waals surface area contributed by atoms with Crippen LogP contribution >= 0.6 is 11.3 Å². The minimum absolute atomic E-state index is 0.239. The number of rotatable bonds is 5. The van der Waals surface area contributed by atoms with E-state index in [1.807, 2.05) is 0 Å². The van der Waals surface area contributed by atoms with E-state index in [4.69, 9.17) is 4.74 Å². The molecule has 1 N–H and O–H groups in total. The molecule has 92 valence electrons. The Morgan fingerprint density at radius 3 is 2.75 bits per heavy atom. The monoisotopic (exact) mass is 255 g/mol. The predicted octanol–water partition coefficient (Wildman–Crippen LogP) is 2.62. The summed E-state index contributed by atoms with van der Waals surface area (Å²) in [5, 5.41) is 8.65. The number of alkyl halides is 3. The molecule has 0 spiro atoms. The fourth-order valence-electron chi connectivity index (χ4n) is 1.13. The highest BCUT2D eigenvalue weighted by Crippen LogP contribution is 2.35. The van der Waals surface area contributed by atoms with E-state index >= 15 is 0 Å². The van der Waals surface area contributed by atoms with Crippen LogP contribution in [0.3, 0.4) is 0 Å². The first-order valence-corrected chi connectivity index (χ1v) is 5.46. The van der Waals surface area contributed by atoms with E-state index < -0.39 is 17.3 Å². The summed E-state index contributed by atoms with van der Waals surface area (Å²) in [5.41, 5.74) is 0. The highest BCUT2D eigenvalue weighted by atomic mass is 32.1. The maximum atomic E-state index is 12.2. The molecule has 0 radical (unpaired) electrons. The minimum Gasteiger partial charge on any atom is -0.388 e. The molecule has 0 aromatic carbocycles. The molecule has 3 nitrogen and oxygen atoms in total. The number of methoxy groups -OCH3 is 1. The first-order chi connectivity index (χ1) is 7.45. The Morgan fingerprint density at radius 1 is 1.56 bits per heavy atom. The number of aliphatic hydroxyl groups is 1. The molecule has 1 unspecified atom stereocenters. The lowest BCUT2D eigenvalue weighted by molar-refractivity contribution is -0.137. The Bertz CT molecular complexity index is 327. The Hall–Kier alpha value is -0.660. The first kappa shape index (κ1) is 13.4. The van der Waals surface area contributed by atoms with Gasteiger partial charge in [0.1, 0.15) is 0 Å². The molecule has 0 saturated carbocycles. The van der Waals surface area contributed by atoms with E-state index in [0.29, 0.717) is 30.8 Å². The van der Waals surface area contributed by atoms with Crippen LogP contribution in [-0.4, -0.2) is 23.8 Å². The van der Waals surface area contributed by atoms with Crippen molar-refractivity contribution in [3.05, 3.63) is 16.1 Å². The summed E-state index contributed by atoms with van der Waals surface area (Å²) in [7, 11) is 1.53. The van der Waals surface area contributed by atoms with Gasteiger partial charge in [0, 0.05) is 19.9 Å². The van der Waals surface area contributed by atoms with E-state index in [0.717, 1.165) is 6.20 Å². The number of halogens is 3. The summed E-state index contributed by atoms with van der Waals surface area (Å²) in [6.07, 6.45) is -3.30. The second-order valence-corrected chi connectivity index (χ2v) is 4.28. The third-order valence-corrected chi connectivity index (χ3v) is 3.06. The highest BCUT2D eigenvalue weighted by Gasteiger charge is 2.35. The lowest BCUT2D eigenvalue weighted by atomic mass is 10.2. The molecule has 0 fully saturated rings. The zero-order valence-electron chi connectivity index (χ0n) is 8.62. The Kier molecular flexibility index (Phi) is 4.69. The van der Waals surface area contributed by atoms with Gasteiger partial charge >= 0.3 is 6.18 Å². The van der Waals surface area contributed by atoms with Gasteiger partial charge in [-0.25, -0.2) is 4.98 Å². The van der Waals surface area contributed by atoms with Crippen molar-refractivity contribution in [3.8, 4) is 0 Å². The van der Waals surface area contributed by atoms with Crippen LogP contribution in [0.15, 0.2) is 6.20 Å². The molecular formula is C9H12F3NO2S. The molecule has 0 amide bonds. The van der Waals surface area contributed by atoms with Gasteiger partial charge in [0.25, 0.3) is 0 Å². The maximum absolute atomic E-state index is 12.2. The second-order valence-electron chi connectivity index (χ2n) is 3.22. The van der Waals surface area contributed by atoms with Gasteiger partial charge in [-0.2, -0.15) is 13.2 Å². The van der Waals surface area contributed by atoms with Gasteiger partial charge in [0.05, 0.1) is 11.0 Å². The molecule has 1 aromatic heterocycles.